The van der Waals surface area contributed by atoms with E-state index in [9.17, 15) is 9.90 Å². The molecule has 0 aromatic carbocycles. The Morgan fingerprint density at radius 1 is 0.690 bits per heavy atom. The zero-order valence-electron chi connectivity index (χ0n) is 18.5. The first kappa shape index (κ1) is 24.5. The molecule has 9 heteroatoms. The molecule has 0 saturated carbocycles. The van der Waals surface area contributed by atoms with E-state index in [4.69, 9.17) is 20.4 Å². The lowest BCUT2D eigenvalue weighted by Crippen LogP contribution is -2.60. The zero-order chi connectivity index (χ0) is 22.3. The van der Waals surface area contributed by atoms with Gasteiger partial charge in [0.05, 0.1) is 31.8 Å². The van der Waals surface area contributed by atoms with Gasteiger partial charge in [-0.15, -0.1) is 0 Å². The molecule has 0 bridgehead atoms. The zero-order valence-corrected chi connectivity index (χ0v) is 18.5. The molecular weight excluding hydrogens is 378 g/mol. The second kappa shape index (κ2) is 8.74. The average Bonchev–Trinajstić information content (AvgIpc) is 3.62. The quantitative estimate of drug-likeness (QED) is 0.300. The molecule has 3 heterocycles. The first-order valence-corrected chi connectivity index (χ1v) is 10.5. The fourth-order valence-corrected chi connectivity index (χ4v) is 4.36. The van der Waals surface area contributed by atoms with Crippen LogP contribution in [0.5, 0.6) is 0 Å². The number of carboxylic acids is 1. The van der Waals surface area contributed by atoms with Crippen LogP contribution in [0.1, 0.15) is 41.5 Å². The molecule has 0 amide bonds. The third-order valence-electron chi connectivity index (χ3n) is 7.57. The summed E-state index contributed by atoms with van der Waals surface area (Å²) in [5, 5.41) is 44.0. The molecule has 0 radical (unpaired) electrons. The number of rotatable bonds is 9. The van der Waals surface area contributed by atoms with E-state index >= 15 is 0 Å². The van der Waals surface area contributed by atoms with E-state index in [0.717, 1.165) is 0 Å². The lowest BCUT2D eigenvalue weighted by Gasteiger charge is -2.35. The largest absolute Gasteiger partial charge is 0.479 e. The van der Waals surface area contributed by atoms with Crippen molar-refractivity contribution in [3.8, 4) is 0 Å². The van der Waals surface area contributed by atoms with E-state index in [1.165, 1.54) is 0 Å². The number of aliphatic hydroxyl groups is 4. The van der Waals surface area contributed by atoms with Crippen molar-refractivity contribution in [3.05, 3.63) is 0 Å². The van der Waals surface area contributed by atoms with Crippen LogP contribution >= 0.6 is 0 Å². The molecule has 29 heavy (non-hydrogen) atoms. The van der Waals surface area contributed by atoms with Crippen LogP contribution in [-0.4, -0.2) is 121 Å². The van der Waals surface area contributed by atoms with Gasteiger partial charge >= 0.3 is 5.97 Å². The van der Waals surface area contributed by atoms with Gasteiger partial charge in [-0.1, -0.05) is 0 Å². The van der Waals surface area contributed by atoms with E-state index in [1.807, 2.05) is 0 Å². The van der Waals surface area contributed by atoms with Crippen molar-refractivity contribution in [1.82, 2.24) is 14.7 Å². The minimum absolute atomic E-state index is 0.358. The van der Waals surface area contributed by atoms with Crippen molar-refractivity contribution in [2.75, 3.05) is 33.0 Å². The molecule has 0 aromatic rings. The molecular formula is C20H39N3O6. The van der Waals surface area contributed by atoms with Gasteiger partial charge in [-0.25, -0.2) is 4.79 Å². The fourth-order valence-electron chi connectivity index (χ4n) is 4.36. The van der Waals surface area contributed by atoms with Crippen molar-refractivity contribution < 1.29 is 30.3 Å². The van der Waals surface area contributed by atoms with Crippen LogP contribution < -0.4 is 0 Å². The summed E-state index contributed by atoms with van der Waals surface area (Å²) < 4.78 is 0. The summed E-state index contributed by atoms with van der Waals surface area (Å²) in [5.74, 6) is -0.684. The van der Waals surface area contributed by atoms with Gasteiger partial charge < -0.3 is 25.5 Å². The van der Waals surface area contributed by atoms with Crippen LogP contribution in [0.15, 0.2) is 0 Å². The summed E-state index contributed by atoms with van der Waals surface area (Å²) in [5.41, 5.74) is -1.95. The van der Waals surface area contributed by atoms with E-state index in [0.29, 0.717) is 42.8 Å². The Morgan fingerprint density at radius 3 is 1.14 bits per heavy atom. The van der Waals surface area contributed by atoms with Gasteiger partial charge in [0.25, 0.3) is 0 Å². The highest BCUT2D eigenvalue weighted by molar-refractivity contribution is 5.80. The standard InChI is InChI=1S/C15H27N3O2.C5H12O4/c1-8-9(2)16(8)7-15(14(19)20,17-10(3)11(17)4)18-12(5)13(18)6;6-1-5(2-7,3-8)4-9/h8-13H,7H2,1-6H3,(H,19,20);6-9H,1-4H2. The summed E-state index contributed by atoms with van der Waals surface area (Å²) in [6.07, 6.45) is 0. The summed E-state index contributed by atoms with van der Waals surface area (Å²) in [7, 11) is 0. The van der Waals surface area contributed by atoms with E-state index in [1.54, 1.807) is 0 Å². The predicted molar refractivity (Wildman–Crippen MR) is 108 cm³/mol. The van der Waals surface area contributed by atoms with Gasteiger partial charge in [0.15, 0.2) is 5.66 Å². The van der Waals surface area contributed by atoms with Gasteiger partial charge in [0.1, 0.15) is 0 Å². The minimum atomic E-state index is -1.11. The van der Waals surface area contributed by atoms with Gasteiger partial charge in [0, 0.05) is 42.8 Å². The van der Waals surface area contributed by atoms with E-state index < -0.39 is 43.5 Å². The van der Waals surface area contributed by atoms with Crippen molar-refractivity contribution in [1.29, 1.82) is 0 Å². The summed E-state index contributed by atoms with van der Waals surface area (Å²) >= 11 is 0. The molecule has 3 rings (SSSR count). The molecule has 3 aliphatic heterocycles. The number of nitrogens with zero attached hydrogens (tertiary/aromatic N) is 3. The molecule has 0 aromatic heterocycles. The van der Waals surface area contributed by atoms with Gasteiger partial charge in [-0.2, -0.15) is 0 Å². The normalized spacial score (nSPS) is 42.3. The summed E-state index contributed by atoms with van der Waals surface area (Å²) in [6.45, 7) is 11.9. The average molecular weight is 418 g/mol. The Hall–Kier alpha value is -0.810. The van der Waals surface area contributed by atoms with Crippen LogP contribution in [0.3, 0.4) is 0 Å². The molecule has 170 valence electrons. The molecule has 5 N–H and O–H groups in total. The number of aliphatic hydroxyl groups excluding tert-OH is 4. The molecule has 0 spiro atoms. The molecule has 6 unspecified atom stereocenters. The SMILES string of the molecule is CC1C(C)N1CC(C(=O)O)(N1C(C)C1C)N1C(C)C1C.OCC(CO)(CO)CO. The van der Waals surface area contributed by atoms with E-state index in [-0.39, 0.29) is 0 Å². The Balaban J connectivity index is 0.000000284. The Labute approximate surface area is 173 Å². The highest BCUT2D eigenvalue weighted by atomic mass is 16.4. The van der Waals surface area contributed by atoms with Crippen LogP contribution in [0.4, 0.5) is 0 Å². The predicted octanol–water partition coefficient (Wildman–Crippen LogP) is -1.01. The summed E-state index contributed by atoms with van der Waals surface area (Å²) in [4.78, 5) is 18.9. The molecule has 3 saturated heterocycles. The smallest absolute Gasteiger partial charge is 0.340 e. The van der Waals surface area contributed by atoms with Crippen molar-refractivity contribution in [2.45, 2.75) is 83.5 Å². The molecule has 0 aliphatic carbocycles. The fraction of sp³-hybridized carbons (Fsp3) is 0.950. The number of aliphatic carboxylic acids is 1. The third kappa shape index (κ3) is 4.19. The highest BCUT2D eigenvalue weighted by Crippen LogP contribution is 2.49. The minimum Gasteiger partial charge on any atom is -0.479 e. The van der Waals surface area contributed by atoms with Crippen molar-refractivity contribution in [2.24, 2.45) is 5.41 Å². The third-order valence-corrected chi connectivity index (χ3v) is 7.57. The lowest BCUT2D eigenvalue weighted by atomic mass is 9.93. The van der Waals surface area contributed by atoms with Crippen LogP contribution in [0.2, 0.25) is 0 Å². The molecule has 6 atom stereocenters. The lowest BCUT2D eigenvalue weighted by molar-refractivity contribution is -0.157. The maximum atomic E-state index is 12.2. The number of hydrogen-bond donors (Lipinski definition) is 5. The van der Waals surface area contributed by atoms with Crippen LogP contribution in [-0.2, 0) is 4.79 Å². The highest BCUT2D eigenvalue weighted by Gasteiger charge is 2.69. The number of carbonyl (C=O) groups is 1. The number of carboxylic acid groups (broad SMARTS) is 1. The Morgan fingerprint density at radius 2 is 1.00 bits per heavy atom. The van der Waals surface area contributed by atoms with Crippen LogP contribution in [0.25, 0.3) is 0 Å². The Kier molecular flexibility index (Phi) is 7.37. The van der Waals surface area contributed by atoms with Gasteiger partial charge in [-0.3, -0.25) is 14.7 Å². The maximum absolute atomic E-state index is 12.2. The molecule has 3 aliphatic rings. The second-order valence-corrected chi connectivity index (χ2v) is 9.18. The first-order chi connectivity index (χ1) is 13.5. The molecule has 3 fully saturated rings. The van der Waals surface area contributed by atoms with Gasteiger partial charge in [0.2, 0.25) is 0 Å². The Bertz CT molecular complexity index is 525. The number of hydrogen-bond acceptors (Lipinski definition) is 8. The van der Waals surface area contributed by atoms with Crippen molar-refractivity contribution in [3.63, 3.8) is 0 Å². The molecule has 9 nitrogen and oxygen atoms in total. The first-order valence-electron chi connectivity index (χ1n) is 10.5. The maximum Gasteiger partial charge on any atom is 0.340 e. The van der Waals surface area contributed by atoms with E-state index in [2.05, 4.69) is 56.2 Å². The van der Waals surface area contributed by atoms with Crippen LogP contribution in [0, 0.1) is 5.41 Å². The van der Waals surface area contributed by atoms with Gasteiger partial charge in [-0.05, 0) is 41.5 Å². The topological polar surface area (TPSA) is 127 Å². The summed E-state index contributed by atoms with van der Waals surface area (Å²) in [6, 6.07) is 2.44. The monoisotopic (exact) mass is 417 g/mol. The second-order valence-electron chi connectivity index (χ2n) is 9.18. The van der Waals surface area contributed by atoms with Crippen molar-refractivity contribution >= 4 is 5.97 Å².